The van der Waals surface area contributed by atoms with E-state index in [0.717, 1.165) is 5.56 Å². The first-order valence-corrected chi connectivity index (χ1v) is 7.11. The number of rotatable bonds is 7. The Hall–Kier alpha value is -1.88. The lowest BCUT2D eigenvalue weighted by atomic mass is 9.99. The van der Waals surface area contributed by atoms with Crippen LogP contribution in [0, 0.1) is 0 Å². The molecule has 1 aromatic rings. The summed E-state index contributed by atoms with van der Waals surface area (Å²) in [6.07, 6.45) is 0. The third-order valence-electron chi connectivity index (χ3n) is 3.66. The maximum Gasteiger partial charge on any atom is 0.325 e. The van der Waals surface area contributed by atoms with Crippen LogP contribution in [0.5, 0.6) is 0 Å². The number of likely N-dealkylation sites (N-methyl/N-ethyl adjacent to an activating group) is 1. The quantitative estimate of drug-likeness (QED) is 0.805. The van der Waals surface area contributed by atoms with Crippen molar-refractivity contribution in [1.82, 2.24) is 10.2 Å². The number of hydrogen-bond donors (Lipinski definition) is 2. The minimum absolute atomic E-state index is 0.282. The Bertz CT molecular complexity index is 486. The van der Waals surface area contributed by atoms with Crippen LogP contribution < -0.4 is 5.32 Å². The zero-order chi connectivity index (χ0) is 16.0. The van der Waals surface area contributed by atoms with Crippen molar-refractivity contribution in [2.45, 2.75) is 45.8 Å². The van der Waals surface area contributed by atoms with E-state index in [9.17, 15) is 9.59 Å². The van der Waals surface area contributed by atoms with Gasteiger partial charge in [0.2, 0.25) is 5.91 Å². The van der Waals surface area contributed by atoms with Crippen molar-refractivity contribution >= 4 is 11.9 Å². The zero-order valence-corrected chi connectivity index (χ0v) is 13.1. The standard InChI is InChI=1S/C16H24N2O3/c1-5-18(11-13-9-7-6-8-10-13)16(3,4)15(21)17-12(2)14(19)20/h6-10,12H,5,11H2,1-4H3,(H,17,21)(H,19,20). The molecule has 5 nitrogen and oxygen atoms in total. The first-order valence-electron chi connectivity index (χ1n) is 7.11. The Balaban J connectivity index is 2.81. The number of aliphatic carboxylic acids is 1. The van der Waals surface area contributed by atoms with Crippen LogP contribution in [0.1, 0.15) is 33.3 Å². The van der Waals surface area contributed by atoms with Crippen LogP contribution in [-0.4, -0.2) is 40.0 Å². The number of nitrogens with one attached hydrogen (secondary N) is 1. The van der Waals surface area contributed by atoms with E-state index in [4.69, 9.17) is 5.11 Å². The fraction of sp³-hybridized carbons (Fsp3) is 0.500. The van der Waals surface area contributed by atoms with E-state index >= 15 is 0 Å². The second kappa shape index (κ2) is 7.22. The first-order chi connectivity index (χ1) is 9.78. The van der Waals surface area contributed by atoms with Gasteiger partial charge in [-0.1, -0.05) is 37.3 Å². The molecule has 0 fully saturated rings. The van der Waals surface area contributed by atoms with Gasteiger partial charge in [-0.2, -0.15) is 0 Å². The van der Waals surface area contributed by atoms with Crippen LogP contribution in [0.4, 0.5) is 0 Å². The van der Waals surface area contributed by atoms with Gasteiger partial charge in [-0.25, -0.2) is 0 Å². The molecular weight excluding hydrogens is 268 g/mol. The van der Waals surface area contributed by atoms with Crippen molar-refractivity contribution in [2.24, 2.45) is 0 Å². The first kappa shape index (κ1) is 17.2. The van der Waals surface area contributed by atoms with Gasteiger partial charge in [0.15, 0.2) is 0 Å². The summed E-state index contributed by atoms with van der Waals surface area (Å²) >= 11 is 0. The maximum atomic E-state index is 12.4. The molecule has 1 atom stereocenters. The number of carboxylic acids is 1. The van der Waals surface area contributed by atoms with Crippen molar-refractivity contribution in [3.05, 3.63) is 35.9 Å². The molecule has 1 aromatic carbocycles. The minimum atomic E-state index is -1.04. The summed E-state index contributed by atoms with van der Waals surface area (Å²) in [5, 5.41) is 11.4. The number of amides is 1. The van der Waals surface area contributed by atoms with Gasteiger partial charge in [0.05, 0.1) is 5.54 Å². The van der Waals surface area contributed by atoms with Crippen LogP contribution in [0.25, 0.3) is 0 Å². The van der Waals surface area contributed by atoms with E-state index in [0.29, 0.717) is 13.1 Å². The molecule has 0 spiro atoms. The Morgan fingerprint density at radius 3 is 2.33 bits per heavy atom. The Kier molecular flexibility index (Phi) is 5.90. The number of carbonyl (C=O) groups is 2. The van der Waals surface area contributed by atoms with Gasteiger partial charge in [-0.3, -0.25) is 14.5 Å². The van der Waals surface area contributed by atoms with Crippen molar-refractivity contribution in [1.29, 1.82) is 0 Å². The van der Waals surface area contributed by atoms with Crippen LogP contribution in [0.15, 0.2) is 30.3 Å². The van der Waals surface area contributed by atoms with Crippen LogP contribution in [-0.2, 0) is 16.1 Å². The number of hydrogen-bond acceptors (Lipinski definition) is 3. The average molecular weight is 292 g/mol. The molecule has 1 rings (SSSR count). The van der Waals surface area contributed by atoms with E-state index in [2.05, 4.69) is 5.32 Å². The van der Waals surface area contributed by atoms with Crippen molar-refractivity contribution in [2.75, 3.05) is 6.54 Å². The van der Waals surface area contributed by atoms with E-state index in [1.54, 1.807) is 0 Å². The monoisotopic (exact) mass is 292 g/mol. The summed E-state index contributed by atoms with van der Waals surface area (Å²) in [5.74, 6) is -1.32. The summed E-state index contributed by atoms with van der Waals surface area (Å²) in [4.78, 5) is 25.2. The topological polar surface area (TPSA) is 69.6 Å². The van der Waals surface area contributed by atoms with E-state index in [1.165, 1.54) is 6.92 Å². The number of nitrogens with zero attached hydrogens (tertiary/aromatic N) is 1. The summed E-state index contributed by atoms with van der Waals surface area (Å²) in [6.45, 7) is 8.39. The number of carbonyl (C=O) groups excluding carboxylic acids is 1. The molecule has 116 valence electrons. The second-order valence-corrected chi connectivity index (χ2v) is 5.59. The minimum Gasteiger partial charge on any atom is -0.480 e. The van der Waals surface area contributed by atoms with Crippen LogP contribution in [0.3, 0.4) is 0 Å². The van der Waals surface area contributed by atoms with Crippen molar-refractivity contribution in [3.8, 4) is 0 Å². The highest BCUT2D eigenvalue weighted by molar-refractivity contribution is 5.89. The molecule has 21 heavy (non-hydrogen) atoms. The molecule has 0 saturated heterocycles. The fourth-order valence-electron chi connectivity index (χ4n) is 2.09. The van der Waals surface area contributed by atoms with Gasteiger partial charge in [-0.05, 0) is 32.9 Å². The average Bonchev–Trinajstić information content (AvgIpc) is 2.45. The van der Waals surface area contributed by atoms with Gasteiger partial charge in [0, 0.05) is 6.54 Å². The molecule has 2 N–H and O–H groups in total. The summed E-state index contributed by atoms with van der Waals surface area (Å²) < 4.78 is 0. The Morgan fingerprint density at radius 1 is 1.29 bits per heavy atom. The van der Waals surface area contributed by atoms with Crippen molar-refractivity contribution in [3.63, 3.8) is 0 Å². The van der Waals surface area contributed by atoms with Gasteiger partial charge < -0.3 is 10.4 Å². The lowest BCUT2D eigenvalue weighted by molar-refractivity contribution is -0.143. The lowest BCUT2D eigenvalue weighted by Crippen LogP contribution is -2.57. The van der Waals surface area contributed by atoms with E-state index < -0.39 is 17.6 Å². The molecule has 0 aliphatic heterocycles. The van der Waals surface area contributed by atoms with Gasteiger partial charge >= 0.3 is 5.97 Å². The molecule has 0 aliphatic carbocycles. The molecule has 0 radical (unpaired) electrons. The highest BCUT2D eigenvalue weighted by Gasteiger charge is 2.35. The molecule has 0 aliphatic rings. The smallest absolute Gasteiger partial charge is 0.325 e. The third kappa shape index (κ3) is 4.56. The maximum absolute atomic E-state index is 12.4. The summed E-state index contributed by atoms with van der Waals surface area (Å²) in [6, 6.07) is 9.00. The summed E-state index contributed by atoms with van der Waals surface area (Å²) in [5.41, 5.74) is 0.334. The number of carboxylic acid groups (broad SMARTS) is 1. The SMILES string of the molecule is CCN(Cc1ccccc1)C(C)(C)C(=O)NC(C)C(=O)O. The zero-order valence-electron chi connectivity index (χ0n) is 13.1. The summed E-state index contributed by atoms with van der Waals surface area (Å²) in [7, 11) is 0. The molecular formula is C16H24N2O3. The molecule has 0 heterocycles. The highest BCUT2D eigenvalue weighted by Crippen LogP contribution is 2.18. The second-order valence-electron chi connectivity index (χ2n) is 5.59. The lowest BCUT2D eigenvalue weighted by Gasteiger charge is -2.37. The third-order valence-corrected chi connectivity index (χ3v) is 3.66. The molecule has 0 bridgehead atoms. The fourth-order valence-corrected chi connectivity index (χ4v) is 2.09. The van der Waals surface area contributed by atoms with Gasteiger partial charge in [-0.15, -0.1) is 0 Å². The van der Waals surface area contributed by atoms with Gasteiger partial charge in [0.1, 0.15) is 6.04 Å². The number of benzene rings is 1. The highest BCUT2D eigenvalue weighted by atomic mass is 16.4. The normalized spacial score (nSPS) is 13.0. The van der Waals surface area contributed by atoms with Gasteiger partial charge in [0.25, 0.3) is 0 Å². The molecule has 0 saturated carbocycles. The van der Waals surface area contributed by atoms with E-state index in [-0.39, 0.29) is 5.91 Å². The molecule has 0 aromatic heterocycles. The molecule has 5 heteroatoms. The predicted octanol–water partition coefficient (Wildman–Crippen LogP) is 1.88. The Labute approximate surface area is 126 Å². The molecule has 1 unspecified atom stereocenters. The van der Waals surface area contributed by atoms with Crippen molar-refractivity contribution < 1.29 is 14.7 Å². The molecule has 1 amide bonds. The van der Waals surface area contributed by atoms with Crippen LogP contribution >= 0.6 is 0 Å². The Morgan fingerprint density at radius 2 is 1.86 bits per heavy atom. The van der Waals surface area contributed by atoms with Crippen LogP contribution in [0.2, 0.25) is 0 Å². The van der Waals surface area contributed by atoms with E-state index in [1.807, 2.05) is 56.0 Å². The predicted molar refractivity (Wildman–Crippen MR) is 81.8 cm³/mol. The largest absolute Gasteiger partial charge is 0.480 e.